The van der Waals surface area contributed by atoms with E-state index in [1.807, 2.05) is 64.2 Å². The number of likely N-dealkylation sites (N-methyl/N-ethyl adjacent to an activating group) is 1. The average Bonchev–Trinajstić information content (AvgIpc) is 4.22. The number of fused-ring (bicyclic) bond motifs is 6. The van der Waals surface area contributed by atoms with E-state index in [4.69, 9.17) is 23.9 Å². The molecule has 6 bridgehead atoms. The molecule has 0 radical (unpaired) electrons. The van der Waals surface area contributed by atoms with Crippen LogP contribution in [0.2, 0.25) is 0 Å². The first-order valence-electron chi connectivity index (χ1n) is 27.0. The van der Waals surface area contributed by atoms with Crippen LogP contribution in [0.1, 0.15) is 90.2 Å². The number of carbonyl (C=O) groups excluding carboxylic acids is 5. The van der Waals surface area contributed by atoms with Gasteiger partial charge in [-0.2, -0.15) is 0 Å². The molecule has 4 aromatic rings. The maximum atomic E-state index is 15.2. The van der Waals surface area contributed by atoms with Gasteiger partial charge in [-0.25, -0.2) is 5.43 Å². The summed E-state index contributed by atoms with van der Waals surface area (Å²) in [6.45, 7) is 14.8. The lowest BCUT2D eigenvalue weighted by molar-refractivity contribution is -0.149. The minimum atomic E-state index is -1.33. The Hall–Kier alpha value is -5.78. The van der Waals surface area contributed by atoms with Gasteiger partial charge in [-0.3, -0.25) is 34.1 Å². The van der Waals surface area contributed by atoms with Gasteiger partial charge in [0.25, 0.3) is 17.7 Å². The number of aryl methyl sites for hydroxylation is 1. The summed E-state index contributed by atoms with van der Waals surface area (Å²) in [6.07, 6.45) is 4.28. The highest BCUT2D eigenvalue weighted by atomic mass is 28.1. The van der Waals surface area contributed by atoms with Crippen LogP contribution in [0.3, 0.4) is 0 Å². The average molecular weight is 1060 g/mol. The van der Waals surface area contributed by atoms with Crippen molar-refractivity contribution < 1.29 is 42.9 Å². The number of hydrazine groups is 1. The zero-order valence-electron chi connectivity index (χ0n) is 46.0. The number of rotatable bonds is 10. The molecule has 17 nitrogen and oxygen atoms in total. The molecular weight excluding hydrogens is 981 g/mol. The van der Waals surface area contributed by atoms with E-state index in [2.05, 4.69) is 84.3 Å². The van der Waals surface area contributed by atoms with E-state index in [0.29, 0.717) is 58.6 Å². The molecule has 2 aromatic heterocycles. The third kappa shape index (κ3) is 10.5. The Morgan fingerprint density at radius 1 is 0.987 bits per heavy atom. The monoisotopic (exact) mass is 1060 g/mol. The third-order valence-electron chi connectivity index (χ3n) is 16.5. The summed E-state index contributed by atoms with van der Waals surface area (Å²) in [5.41, 5.74) is 7.83. The fraction of sp³-hybridized carbons (Fsp3) is 0.552. The van der Waals surface area contributed by atoms with Crippen LogP contribution in [0.5, 0.6) is 0 Å². The highest BCUT2D eigenvalue weighted by Crippen LogP contribution is 2.42. The molecular formula is C58H76N8O9Si. The Balaban J connectivity index is 1.05. The SMILES string of the molecule is CCn1c(-c2cccnc2[C@H](C)OC)c2c3cc(ccc31)-c1cccc(c1)C[C@H](NC(=O)[C@H](C(C)C)N1CO[C@]3(CCN(C(=O)C#C[C@]4(N(C)C)CCOC4)C3)C1=O)C(=O)N1CCC[C@@](C(=O)[SiH3])(COCC(C)(C)C2)N1. The highest BCUT2D eigenvalue weighted by Gasteiger charge is 2.56. The van der Waals surface area contributed by atoms with Crippen molar-refractivity contribution in [2.45, 2.75) is 121 Å². The van der Waals surface area contributed by atoms with Gasteiger partial charge in [-0.05, 0) is 111 Å². The number of hydrogen-bond donors (Lipinski definition) is 2. The molecule has 0 aliphatic carbocycles. The zero-order chi connectivity index (χ0) is 54.3. The number of ether oxygens (including phenoxy) is 4. The van der Waals surface area contributed by atoms with Crippen molar-refractivity contribution >= 4 is 50.2 Å². The lowest BCUT2D eigenvalue weighted by Gasteiger charge is -2.43. The number of nitrogens with one attached hydrogen (secondary N) is 2. The topological polar surface area (TPSA) is 177 Å². The number of carbonyl (C=O) groups is 5. The summed E-state index contributed by atoms with van der Waals surface area (Å²) < 4.78 is 26.8. The van der Waals surface area contributed by atoms with E-state index in [1.54, 1.807) is 12.0 Å². The number of aromatic nitrogens is 2. The number of pyridine rings is 1. The van der Waals surface area contributed by atoms with Gasteiger partial charge in [0.2, 0.25) is 5.91 Å². The Labute approximate surface area is 450 Å². The van der Waals surface area contributed by atoms with Crippen LogP contribution >= 0.6 is 0 Å². The summed E-state index contributed by atoms with van der Waals surface area (Å²) in [5.74, 6) is 3.90. The molecule has 4 fully saturated rings. The van der Waals surface area contributed by atoms with Gasteiger partial charge in [0, 0.05) is 75.3 Å². The second kappa shape index (κ2) is 21.9. The van der Waals surface area contributed by atoms with Crippen LogP contribution in [-0.2, 0) is 62.3 Å². The van der Waals surface area contributed by atoms with Crippen molar-refractivity contribution in [1.29, 1.82) is 0 Å². The van der Waals surface area contributed by atoms with Crippen molar-refractivity contribution in [2.24, 2.45) is 11.3 Å². The summed E-state index contributed by atoms with van der Waals surface area (Å²) in [7, 11) is 5.75. The first-order chi connectivity index (χ1) is 36.2. The molecule has 9 rings (SSSR count). The van der Waals surface area contributed by atoms with Gasteiger partial charge in [-0.15, -0.1) is 0 Å². The predicted octanol–water partition coefficient (Wildman–Crippen LogP) is 4.02. The van der Waals surface area contributed by atoms with Crippen LogP contribution in [0, 0.1) is 23.2 Å². The number of hydrogen-bond acceptors (Lipinski definition) is 12. The van der Waals surface area contributed by atoms with E-state index < -0.39 is 51.9 Å². The van der Waals surface area contributed by atoms with E-state index in [1.165, 1.54) is 9.91 Å². The number of benzene rings is 2. The second-order valence-electron chi connectivity index (χ2n) is 22.9. The molecule has 76 heavy (non-hydrogen) atoms. The lowest BCUT2D eigenvalue weighted by atomic mass is 9.84. The summed E-state index contributed by atoms with van der Waals surface area (Å²) in [4.78, 5) is 82.0. The first kappa shape index (κ1) is 55.0. The molecule has 7 heterocycles. The summed E-state index contributed by atoms with van der Waals surface area (Å²) in [6, 6.07) is 16.6. The summed E-state index contributed by atoms with van der Waals surface area (Å²) >= 11 is 0. The van der Waals surface area contributed by atoms with Crippen LogP contribution < -0.4 is 10.7 Å². The van der Waals surface area contributed by atoms with E-state index in [-0.39, 0.29) is 72.8 Å². The van der Waals surface area contributed by atoms with Gasteiger partial charge in [0.15, 0.2) is 5.60 Å². The van der Waals surface area contributed by atoms with Crippen LogP contribution in [0.4, 0.5) is 0 Å². The van der Waals surface area contributed by atoms with Crippen molar-refractivity contribution in [3.8, 4) is 34.2 Å². The van der Waals surface area contributed by atoms with Crippen molar-refractivity contribution in [3.63, 3.8) is 0 Å². The molecule has 5 aliphatic rings. The van der Waals surface area contributed by atoms with Gasteiger partial charge < -0.3 is 43.4 Å². The normalized spacial score (nSPS) is 25.8. The van der Waals surface area contributed by atoms with Crippen molar-refractivity contribution in [2.75, 3.05) is 74.0 Å². The maximum absolute atomic E-state index is 15.2. The Kier molecular flexibility index (Phi) is 15.9. The Morgan fingerprint density at radius 3 is 2.49 bits per heavy atom. The van der Waals surface area contributed by atoms with Gasteiger partial charge in [0.1, 0.15) is 35.3 Å². The smallest absolute Gasteiger partial charge is 0.298 e. The molecule has 0 saturated carbocycles. The molecule has 5 aliphatic heterocycles. The molecule has 6 atom stereocenters. The van der Waals surface area contributed by atoms with Crippen LogP contribution in [0.25, 0.3) is 33.3 Å². The molecule has 4 amide bonds. The predicted molar refractivity (Wildman–Crippen MR) is 292 cm³/mol. The standard InChI is InChI=1S/C58H76N8O9Si/c1-10-64-46-18-17-41-30-43(46)44(50(64)42-16-12-24-59-48(42)38(4)72-9)31-55(5,6)33-74-35-57(54(71)76)20-13-25-66(61-57)52(69)45(29-39-14-11-15-40(41)28-39)60-51(68)49(37(2)3)65-36-75-58(53(65)70)22-26-63(32-58)47(67)19-21-56(62(7)8)23-27-73-34-56/h11-12,14-18,24,28,30,37-38,45,49,61H,10,13,20,22-23,25-27,29,31-36H2,1-9,76H3,(H,60,68)/t38-,45-,49-,56-,57-,58-/m0/s1. The summed E-state index contributed by atoms with van der Waals surface area (Å²) in [5, 5.41) is 5.69. The van der Waals surface area contributed by atoms with Crippen molar-refractivity contribution in [3.05, 3.63) is 77.6 Å². The van der Waals surface area contributed by atoms with Gasteiger partial charge in [-0.1, -0.05) is 63.9 Å². The Morgan fingerprint density at radius 2 is 1.78 bits per heavy atom. The lowest BCUT2D eigenvalue weighted by Crippen LogP contribution is -2.68. The molecule has 0 unspecified atom stereocenters. The molecule has 2 aromatic carbocycles. The second-order valence-corrected chi connectivity index (χ2v) is 23.9. The minimum Gasteiger partial charge on any atom is -0.378 e. The largest absolute Gasteiger partial charge is 0.378 e. The Bertz CT molecular complexity index is 2960. The fourth-order valence-corrected chi connectivity index (χ4v) is 12.5. The zero-order valence-corrected chi connectivity index (χ0v) is 48.0. The first-order valence-corrected chi connectivity index (χ1v) is 28.0. The molecule has 1 spiro atoms. The van der Waals surface area contributed by atoms with Gasteiger partial charge >= 0.3 is 0 Å². The highest BCUT2D eigenvalue weighted by molar-refractivity contribution is 6.60. The number of amides is 4. The van der Waals surface area contributed by atoms with Crippen LogP contribution in [-0.4, -0.2) is 171 Å². The number of methoxy groups -OCH3 is 1. The van der Waals surface area contributed by atoms with Gasteiger partial charge in [0.05, 0.1) is 54.1 Å². The van der Waals surface area contributed by atoms with E-state index in [0.717, 1.165) is 50.1 Å². The quantitative estimate of drug-likeness (QED) is 0.173. The fourth-order valence-electron chi connectivity index (χ4n) is 12.0. The van der Waals surface area contributed by atoms with Crippen molar-refractivity contribution in [1.82, 2.24) is 40.0 Å². The maximum Gasteiger partial charge on any atom is 0.298 e. The number of nitrogens with zero attached hydrogens (tertiary/aromatic N) is 6. The number of likely N-dealkylation sites (tertiary alicyclic amines) is 1. The van der Waals surface area contributed by atoms with E-state index in [9.17, 15) is 19.2 Å². The van der Waals surface area contributed by atoms with Crippen LogP contribution in [0.15, 0.2) is 60.8 Å². The molecule has 406 valence electrons. The minimum absolute atomic E-state index is 0.00668. The third-order valence-corrected chi connectivity index (χ3v) is 17.5. The molecule has 18 heteroatoms. The van der Waals surface area contributed by atoms with E-state index >= 15 is 4.79 Å². The molecule has 2 N–H and O–H groups in total. The molecule has 4 saturated heterocycles.